The molecule has 3 heterocycles. The van der Waals surface area contributed by atoms with E-state index in [9.17, 15) is 5.26 Å². The third kappa shape index (κ3) is 4.71. The molecule has 0 spiro atoms. The molecule has 55 heavy (non-hydrogen) atoms. The molecule has 0 saturated carbocycles. The fourth-order valence-electron chi connectivity index (χ4n) is 8.46. The molecule has 11 aromatic rings. The summed E-state index contributed by atoms with van der Waals surface area (Å²) in [6, 6.07) is 60.8. The maximum atomic E-state index is 10.2. The zero-order chi connectivity index (χ0) is 36.6. The molecule has 8 aromatic carbocycles. The summed E-state index contributed by atoms with van der Waals surface area (Å²) in [5.74, 6) is 0. The Hall–Kier alpha value is -7.86. The average molecular weight is 701 g/mol. The van der Waals surface area contributed by atoms with Crippen LogP contribution in [0.1, 0.15) is 5.56 Å². The number of aromatic nitrogens is 2. The highest BCUT2D eigenvalue weighted by Gasteiger charge is 2.17. The summed E-state index contributed by atoms with van der Waals surface area (Å²) in [6.45, 7) is 8.02. The molecule has 0 atom stereocenters. The van der Waals surface area contributed by atoms with Crippen LogP contribution >= 0.6 is 0 Å². The van der Waals surface area contributed by atoms with Crippen LogP contribution in [0.3, 0.4) is 0 Å². The molecule has 11 rings (SSSR count). The highest BCUT2D eigenvalue weighted by atomic mass is 16.3. The second-order valence-corrected chi connectivity index (χ2v) is 14.0. The molecule has 0 fully saturated rings. The van der Waals surface area contributed by atoms with E-state index >= 15 is 0 Å². The SMILES string of the molecule is [C-]#[N+]c1cc(-c2ccc3oc4ccc(-c5cc(C#N)cc(-n6c7ccccc7c7ccccc76)c5)cc4c3c2)cc(-n2c3ccccc3c3ccccc32)c1. The van der Waals surface area contributed by atoms with Crippen LogP contribution < -0.4 is 0 Å². The standard InChI is InChI=1S/C50H28N4O/c1-52-36-24-35(26-38(29-36)54-47-16-8-4-12-41(47)42-13-5-9-17-48(42)54)33-19-21-50-44(28-33)43-27-32(18-20-49(43)55-50)34-22-31(30-51)23-37(25-34)53-45-14-6-2-10-39(45)40-11-3-7-15-46(40)53/h2-29H. The smallest absolute Gasteiger partial charge is 0.189 e. The van der Waals surface area contributed by atoms with Gasteiger partial charge in [0.15, 0.2) is 5.69 Å². The van der Waals surface area contributed by atoms with Gasteiger partial charge in [-0.1, -0.05) is 84.9 Å². The van der Waals surface area contributed by atoms with Gasteiger partial charge in [-0.05, 0) is 107 Å². The molecule has 0 N–H and O–H groups in total. The summed E-state index contributed by atoms with van der Waals surface area (Å²) in [5, 5.41) is 16.9. The number of para-hydroxylation sites is 4. The van der Waals surface area contributed by atoms with Crippen LogP contribution in [0.25, 0.3) is 104 Å². The number of rotatable bonds is 4. The van der Waals surface area contributed by atoms with Crippen LogP contribution in [-0.4, -0.2) is 9.13 Å². The van der Waals surface area contributed by atoms with Crippen molar-refractivity contribution < 1.29 is 4.42 Å². The fourth-order valence-corrected chi connectivity index (χ4v) is 8.46. The van der Waals surface area contributed by atoms with E-state index in [0.717, 1.165) is 77.6 Å². The van der Waals surface area contributed by atoms with E-state index in [1.165, 1.54) is 21.5 Å². The number of furan rings is 1. The molecule has 0 saturated heterocycles. The molecule has 0 aliphatic heterocycles. The summed E-state index contributed by atoms with van der Waals surface area (Å²) < 4.78 is 10.9. The van der Waals surface area contributed by atoms with Gasteiger partial charge in [-0.2, -0.15) is 5.26 Å². The lowest BCUT2D eigenvalue weighted by Gasteiger charge is -2.12. The summed E-state index contributed by atoms with van der Waals surface area (Å²) >= 11 is 0. The van der Waals surface area contributed by atoms with Gasteiger partial charge in [0.05, 0.1) is 40.3 Å². The number of benzene rings is 8. The van der Waals surface area contributed by atoms with E-state index in [1.54, 1.807) is 0 Å². The summed E-state index contributed by atoms with van der Waals surface area (Å²) in [5.41, 5.74) is 12.9. The molecule has 0 radical (unpaired) electrons. The van der Waals surface area contributed by atoms with E-state index in [1.807, 2.05) is 36.4 Å². The van der Waals surface area contributed by atoms with Gasteiger partial charge in [0.1, 0.15) is 11.2 Å². The van der Waals surface area contributed by atoms with Crippen molar-refractivity contribution in [2.45, 2.75) is 0 Å². The molecule has 0 unspecified atom stereocenters. The van der Waals surface area contributed by atoms with Crippen molar-refractivity contribution in [2.24, 2.45) is 0 Å². The molecule has 0 bridgehead atoms. The van der Waals surface area contributed by atoms with E-state index in [4.69, 9.17) is 11.0 Å². The van der Waals surface area contributed by atoms with Crippen molar-refractivity contribution in [3.63, 3.8) is 0 Å². The number of fused-ring (bicyclic) bond motifs is 9. The van der Waals surface area contributed by atoms with Crippen LogP contribution in [-0.2, 0) is 0 Å². The van der Waals surface area contributed by atoms with Gasteiger partial charge in [-0.3, -0.25) is 0 Å². The second kappa shape index (κ2) is 11.8. The zero-order valence-electron chi connectivity index (χ0n) is 29.4. The normalized spacial score (nSPS) is 11.6. The maximum absolute atomic E-state index is 10.2. The Labute approximate surface area is 315 Å². The van der Waals surface area contributed by atoms with E-state index in [0.29, 0.717) is 11.3 Å². The molecule has 5 heteroatoms. The molecule has 5 nitrogen and oxygen atoms in total. The highest BCUT2D eigenvalue weighted by molar-refractivity contribution is 6.11. The number of hydrogen-bond acceptors (Lipinski definition) is 2. The number of nitriles is 1. The fraction of sp³-hybridized carbons (Fsp3) is 0. The molecule has 3 aromatic heterocycles. The Morgan fingerprint density at radius 1 is 0.436 bits per heavy atom. The van der Waals surface area contributed by atoms with Crippen LogP contribution in [0.2, 0.25) is 0 Å². The summed E-state index contributed by atoms with van der Waals surface area (Å²) in [6.07, 6.45) is 0. The van der Waals surface area contributed by atoms with Gasteiger partial charge in [-0.15, -0.1) is 0 Å². The van der Waals surface area contributed by atoms with E-state index in [-0.39, 0.29) is 0 Å². The van der Waals surface area contributed by atoms with Crippen LogP contribution in [0.4, 0.5) is 5.69 Å². The largest absolute Gasteiger partial charge is 0.456 e. The molecule has 254 valence electrons. The molecule has 0 amide bonds. The lowest BCUT2D eigenvalue weighted by Crippen LogP contribution is -1.96. The summed E-state index contributed by atoms with van der Waals surface area (Å²) in [7, 11) is 0. The minimum atomic E-state index is 0.574. The van der Waals surface area contributed by atoms with E-state index in [2.05, 4.69) is 154 Å². The monoisotopic (exact) mass is 700 g/mol. The second-order valence-electron chi connectivity index (χ2n) is 14.0. The van der Waals surface area contributed by atoms with Gasteiger partial charge >= 0.3 is 0 Å². The highest BCUT2D eigenvalue weighted by Crippen LogP contribution is 2.40. The third-order valence-electron chi connectivity index (χ3n) is 10.9. The Bertz CT molecular complexity index is 3140. The van der Waals surface area contributed by atoms with Crippen LogP contribution in [0, 0.1) is 17.9 Å². The molecular weight excluding hydrogens is 673 g/mol. The first-order valence-electron chi connectivity index (χ1n) is 18.2. The van der Waals surface area contributed by atoms with Crippen molar-refractivity contribution in [2.75, 3.05) is 0 Å². The predicted octanol–water partition coefficient (Wildman–Crippen LogP) is 13.5. The average Bonchev–Trinajstić information content (AvgIpc) is 3.90. The van der Waals surface area contributed by atoms with Gasteiger partial charge in [0, 0.05) is 43.7 Å². The quantitative estimate of drug-likeness (QED) is 0.172. The Balaban J connectivity index is 1.06. The minimum Gasteiger partial charge on any atom is -0.456 e. The van der Waals surface area contributed by atoms with Gasteiger partial charge in [0.2, 0.25) is 0 Å². The Morgan fingerprint density at radius 2 is 0.873 bits per heavy atom. The lowest BCUT2D eigenvalue weighted by molar-refractivity contribution is 0.669. The number of nitrogens with zero attached hydrogens (tertiary/aromatic N) is 4. The first-order valence-corrected chi connectivity index (χ1v) is 18.2. The lowest BCUT2D eigenvalue weighted by atomic mass is 9.98. The molecular formula is C50H28N4O. The predicted molar refractivity (Wildman–Crippen MR) is 224 cm³/mol. The first-order chi connectivity index (χ1) is 27.1. The topological polar surface area (TPSA) is 51.1 Å². The third-order valence-corrected chi connectivity index (χ3v) is 10.9. The van der Waals surface area contributed by atoms with Gasteiger partial charge in [0.25, 0.3) is 0 Å². The first kappa shape index (κ1) is 30.7. The Kier molecular flexibility index (Phi) is 6.61. The molecule has 0 aliphatic rings. The van der Waals surface area contributed by atoms with Crippen molar-refractivity contribution in [1.82, 2.24) is 9.13 Å². The number of hydrogen-bond donors (Lipinski definition) is 0. The zero-order valence-corrected chi connectivity index (χ0v) is 29.4. The van der Waals surface area contributed by atoms with Crippen LogP contribution in [0.15, 0.2) is 174 Å². The minimum absolute atomic E-state index is 0.574. The maximum Gasteiger partial charge on any atom is 0.189 e. The van der Waals surface area contributed by atoms with Crippen molar-refractivity contribution in [1.29, 1.82) is 5.26 Å². The molecule has 0 aliphatic carbocycles. The summed E-state index contributed by atoms with van der Waals surface area (Å²) in [4.78, 5) is 3.90. The van der Waals surface area contributed by atoms with Crippen molar-refractivity contribution in [3.8, 4) is 39.7 Å². The van der Waals surface area contributed by atoms with Gasteiger partial charge < -0.3 is 13.6 Å². The van der Waals surface area contributed by atoms with Crippen molar-refractivity contribution in [3.05, 3.63) is 187 Å². The van der Waals surface area contributed by atoms with Crippen molar-refractivity contribution >= 4 is 71.2 Å². The Morgan fingerprint density at radius 3 is 1.33 bits per heavy atom. The van der Waals surface area contributed by atoms with Crippen LogP contribution in [0.5, 0.6) is 0 Å². The van der Waals surface area contributed by atoms with Gasteiger partial charge in [-0.25, -0.2) is 4.85 Å². The van der Waals surface area contributed by atoms with E-state index < -0.39 is 0 Å².